The second-order valence-corrected chi connectivity index (χ2v) is 4.60. The molecule has 2 atom stereocenters. The Morgan fingerprint density at radius 3 is 2.81 bits per heavy atom. The molecule has 1 aromatic carbocycles. The summed E-state index contributed by atoms with van der Waals surface area (Å²) in [6.45, 7) is 0. The molecule has 0 heterocycles. The highest BCUT2D eigenvalue weighted by atomic mass is 19.1. The SMILES string of the molecule is CNC1CCC(Cc2cc(F)ccc2F)C1. The van der Waals surface area contributed by atoms with Crippen LogP contribution in [-0.2, 0) is 6.42 Å². The molecule has 0 aromatic heterocycles. The summed E-state index contributed by atoms with van der Waals surface area (Å²) in [6, 6.07) is 4.25. The fourth-order valence-electron chi connectivity index (χ4n) is 2.53. The Labute approximate surface area is 94.9 Å². The third kappa shape index (κ3) is 2.59. The van der Waals surface area contributed by atoms with Crippen molar-refractivity contribution in [2.24, 2.45) is 5.92 Å². The summed E-state index contributed by atoms with van der Waals surface area (Å²) in [5.41, 5.74) is 0.516. The molecule has 0 aliphatic heterocycles. The van der Waals surface area contributed by atoms with E-state index in [-0.39, 0.29) is 11.6 Å². The van der Waals surface area contributed by atoms with E-state index in [1.54, 1.807) is 0 Å². The van der Waals surface area contributed by atoms with Gasteiger partial charge in [-0.05, 0) is 62.4 Å². The van der Waals surface area contributed by atoms with Gasteiger partial charge in [0.15, 0.2) is 0 Å². The van der Waals surface area contributed by atoms with Crippen LogP contribution in [0.5, 0.6) is 0 Å². The molecule has 1 saturated carbocycles. The molecule has 2 rings (SSSR count). The Bertz CT molecular complexity index is 365. The Kier molecular flexibility index (Phi) is 3.54. The van der Waals surface area contributed by atoms with Gasteiger partial charge in [-0.3, -0.25) is 0 Å². The Hall–Kier alpha value is -0.960. The number of hydrogen-bond donors (Lipinski definition) is 1. The van der Waals surface area contributed by atoms with E-state index in [4.69, 9.17) is 0 Å². The average Bonchev–Trinajstić information content (AvgIpc) is 2.71. The van der Waals surface area contributed by atoms with Gasteiger partial charge >= 0.3 is 0 Å². The van der Waals surface area contributed by atoms with Crippen molar-refractivity contribution in [1.29, 1.82) is 0 Å². The maximum absolute atomic E-state index is 13.4. The van der Waals surface area contributed by atoms with Crippen LogP contribution in [0.4, 0.5) is 8.78 Å². The first kappa shape index (κ1) is 11.5. The number of halogens is 2. The lowest BCUT2D eigenvalue weighted by Crippen LogP contribution is -2.21. The Morgan fingerprint density at radius 1 is 1.31 bits per heavy atom. The van der Waals surface area contributed by atoms with Gasteiger partial charge in [0.1, 0.15) is 11.6 Å². The maximum atomic E-state index is 13.4. The summed E-state index contributed by atoms with van der Waals surface area (Å²) in [7, 11) is 1.95. The van der Waals surface area contributed by atoms with Crippen LogP contribution in [0, 0.1) is 17.6 Å². The van der Waals surface area contributed by atoms with Crippen molar-refractivity contribution in [3.8, 4) is 0 Å². The van der Waals surface area contributed by atoms with Gasteiger partial charge in [0.25, 0.3) is 0 Å². The lowest BCUT2D eigenvalue weighted by Gasteiger charge is -2.11. The molecule has 0 radical (unpaired) electrons. The molecule has 0 amide bonds. The zero-order chi connectivity index (χ0) is 11.5. The van der Waals surface area contributed by atoms with Crippen LogP contribution in [0.25, 0.3) is 0 Å². The fourth-order valence-corrected chi connectivity index (χ4v) is 2.53. The number of nitrogens with one attached hydrogen (secondary N) is 1. The molecule has 0 bridgehead atoms. The predicted molar refractivity (Wildman–Crippen MR) is 60.3 cm³/mol. The third-order valence-electron chi connectivity index (χ3n) is 3.47. The average molecular weight is 225 g/mol. The van der Waals surface area contributed by atoms with Crippen LogP contribution in [0.1, 0.15) is 24.8 Å². The molecular weight excluding hydrogens is 208 g/mol. The van der Waals surface area contributed by atoms with E-state index in [9.17, 15) is 8.78 Å². The standard InChI is InChI=1S/C13H17F2N/c1-16-12-4-2-9(7-12)6-10-8-11(14)3-5-13(10)15/h3,5,8-9,12,16H,2,4,6-7H2,1H3. The number of benzene rings is 1. The molecule has 0 saturated heterocycles. The molecule has 1 aliphatic rings. The summed E-state index contributed by atoms with van der Waals surface area (Å²) < 4.78 is 26.4. The second-order valence-electron chi connectivity index (χ2n) is 4.60. The van der Waals surface area contributed by atoms with Gasteiger partial charge in [0.2, 0.25) is 0 Å². The predicted octanol–water partition coefficient (Wildman–Crippen LogP) is 2.90. The van der Waals surface area contributed by atoms with Gasteiger partial charge in [-0.1, -0.05) is 0 Å². The van der Waals surface area contributed by atoms with Crippen LogP contribution in [0.15, 0.2) is 18.2 Å². The zero-order valence-corrected chi connectivity index (χ0v) is 9.47. The van der Waals surface area contributed by atoms with E-state index in [0.29, 0.717) is 23.9 Å². The van der Waals surface area contributed by atoms with Crippen LogP contribution < -0.4 is 5.32 Å². The summed E-state index contributed by atoms with van der Waals surface area (Å²) in [5.74, 6) is -0.150. The van der Waals surface area contributed by atoms with E-state index >= 15 is 0 Å². The topological polar surface area (TPSA) is 12.0 Å². The van der Waals surface area contributed by atoms with Crippen molar-refractivity contribution in [1.82, 2.24) is 5.32 Å². The third-order valence-corrected chi connectivity index (χ3v) is 3.47. The smallest absolute Gasteiger partial charge is 0.126 e. The number of hydrogen-bond acceptors (Lipinski definition) is 1. The van der Waals surface area contributed by atoms with Crippen molar-refractivity contribution in [3.63, 3.8) is 0 Å². The minimum atomic E-state index is -0.348. The van der Waals surface area contributed by atoms with Crippen LogP contribution in [-0.4, -0.2) is 13.1 Å². The van der Waals surface area contributed by atoms with Crippen molar-refractivity contribution in [2.45, 2.75) is 31.7 Å². The van der Waals surface area contributed by atoms with Gasteiger partial charge in [-0.15, -0.1) is 0 Å². The Balaban J connectivity index is 2.01. The van der Waals surface area contributed by atoms with E-state index in [0.717, 1.165) is 19.3 Å². The van der Waals surface area contributed by atoms with Gasteiger partial charge < -0.3 is 5.32 Å². The largest absolute Gasteiger partial charge is 0.317 e. The minimum absolute atomic E-state index is 0.283. The first-order valence-electron chi connectivity index (χ1n) is 5.80. The molecule has 1 fully saturated rings. The van der Waals surface area contributed by atoms with Crippen LogP contribution >= 0.6 is 0 Å². The maximum Gasteiger partial charge on any atom is 0.126 e. The van der Waals surface area contributed by atoms with Crippen LogP contribution in [0.3, 0.4) is 0 Å². The van der Waals surface area contributed by atoms with Crippen molar-refractivity contribution in [3.05, 3.63) is 35.4 Å². The molecular formula is C13H17F2N. The minimum Gasteiger partial charge on any atom is -0.317 e. The summed E-state index contributed by atoms with van der Waals surface area (Å²) in [5, 5.41) is 3.24. The van der Waals surface area contributed by atoms with Crippen molar-refractivity contribution in [2.75, 3.05) is 7.05 Å². The van der Waals surface area contributed by atoms with Gasteiger partial charge in [0, 0.05) is 6.04 Å². The summed E-state index contributed by atoms with van der Waals surface area (Å²) >= 11 is 0. The number of rotatable bonds is 3. The molecule has 88 valence electrons. The molecule has 1 aromatic rings. The van der Waals surface area contributed by atoms with E-state index in [1.165, 1.54) is 18.2 Å². The Morgan fingerprint density at radius 2 is 2.12 bits per heavy atom. The van der Waals surface area contributed by atoms with E-state index < -0.39 is 0 Å². The van der Waals surface area contributed by atoms with Crippen molar-refractivity contribution >= 4 is 0 Å². The lowest BCUT2D eigenvalue weighted by atomic mass is 9.97. The molecule has 1 N–H and O–H groups in total. The fraction of sp³-hybridized carbons (Fsp3) is 0.538. The molecule has 2 unspecified atom stereocenters. The highest BCUT2D eigenvalue weighted by Gasteiger charge is 2.24. The molecule has 16 heavy (non-hydrogen) atoms. The van der Waals surface area contributed by atoms with E-state index in [1.807, 2.05) is 7.05 Å². The first-order chi connectivity index (χ1) is 7.69. The molecule has 1 aliphatic carbocycles. The summed E-state index contributed by atoms with van der Waals surface area (Å²) in [4.78, 5) is 0. The van der Waals surface area contributed by atoms with Gasteiger partial charge in [0.05, 0.1) is 0 Å². The highest BCUT2D eigenvalue weighted by Crippen LogP contribution is 2.29. The zero-order valence-electron chi connectivity index (χ0n) is 9.47. The first-order valence-corrected chi connectivity index (χ1v) is 5.80. The molecule has 1 nitrogen and oxygen atoms in total. The van der Waals surface area contributed by atoms with Crippen molar-refractivity contribution < 1.29 is 8.78 Å². The normalized spacial score (nSPS) is 24.9. The quantitative estimate of drug-likeness (QED) is 0.834. The van der Waals surface area contributed by atoms with E-state index in [2.05, 4.69) is 5.32 Å². The van der Waals surface area contributed by atoms with Gasteiger partial charge in [-0.25, -0.2) is 8.78 Å². The summed E-state index contributed by atoms with van der Waals surface area (Å²) in [6.07, 6.45) is 3.95. The highest BCUT2D eigenvalue weighted by molar-refractivity contribution is 5.19. The molecule has 3 heteroatoms. The van der Waals surface area contributed by atoms with Crippen LogP contribution in [0.2, 0.25) is 0 Å². The lowest BCUT2D eigenvalue weighted by molar-refractivity contribution is 0.492. The molecule has 0 spiro atoms. The van der Waals surface area contributed by atoms with Gasteiger partial charge in [-0.2, -0.15) is 0 Å². The second kappa shape index (κ2) is 4.91. The monoisotopic (exact) mass is 225 g/mol.